The highest BCUT2D eigenvalue weighted by Crippen LogP contribution is 2.16. The van der Waals surface area contributed by atoms with Crippen molar-refractivity contribution >= 4 is 5.97 Å². The number of phenolic OH excluding ortho intramolecular Hbond substituents is 1. The maximum Gasteiger partial charge on any atom is 0.311 e. The average molecular weight is 243 g/mol. The van der Waals surface area contributed by atoms with Crippen LogP contribution in [0.5, 0.6) is 11.5 Å². The molecule has 1 aromatic rings. The molecule has 0 aliphatic carbocycles. The number of nitrogens with zero attached hydrogens (tertiary/aromatic N) is 1. The van der Waals surface area contributed by atoms with E-state index in [1.807, 2.05) is 0 Å². The number of ether oxygens (including phenoxy) is 1. The van der Waals surface area contributed by atoms with Crippen molar-refractivity contribution in [3.63, 3.8) is 0 Å². The Hall–Kier alpha value is -1.67. The lowest BCUT2D eigenvalue weighted by Gasteiger charge is -2.06. The van der Waals surface area contributed by atoms with Crippen LogP contribution < -0.4 is 4.74 Å². The zero-order chi connectivity index (χ0) is 12.7. The molecule has 0 amide bonds. The van der Waals surface area contributed by atoms with Crippen LogP contribution in [0.25, 0.3) is 0 Å². The van der Waals surface area contributed by atoms with E-state index >= 15 is 0 Å². The van der Waals surface area contributed by atoms with Gasteiger partial charge in [0.15, 0.2) is 0 Å². The van der Waals surface area contributed by atoms with Crippen molar-refractivity contribution < 1.29 is 29.9 Å². The van der Waals surface area contributed by atoms with Crippen LogP contribution in [0.4, 0.5) is 0 Å². The first kappa shape index (κ1) is 13.4. The molecule has 0 spiro atoms. The van der Waals surface area contributed by atoms with Crippen molar-refractivity contribution in [1.82, 2.24) is 5.39 Å². The molecule has 0 bridgehead atoms. The van der Waals surface area contributed by atoms with E-state index in [4.69, 9.17) is 20.3 Å². The predicted molar refractivity (Wildman–Crippen MR) is 54.3 cm³/mol. The van der Waals surface area contributed by atoms with Gasteiger partial charge in [-0.05, 0) is 30.7 Å². The Bertz CT molecular complexity index is 350. The van der Waals surface area contributed by atoms with E-state index in [1.54, 1.807) is 0 Å². The third-order valence-electron chi connectivity index (χ3n) is 1.80. The summed E-state index contributed by atoms with van der Waals surface area (Å²) in [5, 5.41) is 25.0. The number of benzene rings is 1. The Morgan fingerprint density at radius 2 is 1.88 bits per heavy atom. The van der Waals surface area contributed by atoms with Crippen LogP contribution >= 0.6 is 0 Å². The number of aromatic hydroxyl groups is 1. The van der Waals surface area contributed by atoms with Crippen molar-refractivity contribution in [3.8, 4) is 11.5 Å². The minimum Gasteiger partial charge on any atom is -0.508 e. The van der Waals surface area contributed by atoms with Gasteiger partial charge in [-0.3, -0.25) is 20.0 Å². The van der Waals surface area contributed by atoms with Crippen LogP contribution in [-0.4, -0.2) is 33.5 Å². The van der Waals surface area contributed by atoms with Gasteiger partial charge in [0.05, 0.1) is 12.0 Å². The maximum absolute atomic E-state index is 11.3. The van der Waals surface area contributed by atoms with E-state index in [9.17, 15) is 4.79 Å². The molecule has 0 atom stereocenters. The first-order valence-corrected chi connectivity index (χ1v) is 4.88. The van der Waals surface area contributed by atoms with Gasteiger partial charge in [-0.15, -0.1) is 0 Å². The number of carbonyl (C=O) groups is 1. The second kappa shape index (κ2) is 6.81. The Morgan fingerprint density at radius 3 is 2.47 bits per heavy atom. The topological polar surface area (TPSA) is 99.5 Å². The van der Waals surface area contributed by atoms with Gasteiger partial charge in [0.1, 0.15) is 11.5 Å². The van der Waals surface area contributed by atoms with Gasteiger partial charge in [-0.2, -0.15) is 0 Å². The Kier molecular flexibility index (Phi) is 5.37. The molecular weight excluding hydrogens is 230 g/mol. The predicted octanol–water partition coefficient (Wildman–Crippen LogP) is 1.09. The summed E-state index contributed by atoms with van der Waals surface area (Å²) in [4.78, 5) is 15.5. The number of hydrogen-bond donors (Lipinski definition) is 3. The lowest BCUT2D eigenvalue weighted by atomic mass is 10.3. The Balaban J connectivity index is 2.23. The first-order valence-electron chi connectivity index (χ1n) is 4.88. The number of carbonyl (C=O) groups excluding carboxylic acids is 1. The zero-order valence-electron chi connectivity index (χ0n) is 8.94. The van der Waals surface area contributed by atoms with Crippen molar-refractivity contribution in [2.75, 3.05) is 6.61 Å². The summed E-state index contributed by atoms with van der Waals surface area (Å²) in [6, 6.07) is 5.74. The van der Waals surface area contributed by atoms with Crippen molar-refractivity contribution in [2.45, 2.75) is 12.8 Å². The van der Waals surface area contributed by atoms with Gasteiger partial charge in [-0.25, -0.2) is 0 Å². The summed E-state index contributed by atoms with van der Waals surface area (Å²) >= 11 is 0. The van der Waals surface area contributed by atoms with Crippen LogP contribution in [0.2, 0.25) is 0 Å². The van der Waals surface area contributed by atoms with Crippen molar-refractivity contribution in [1.29, 1.82) is 0 Å². The fourth-order valence-corrected chi connectivity index (χ4v) is 1.06. The van der Waals surface area contributed by atoms with Crippen LogP contribution in [0.1, 0.15) is 12.8 Å². The van der Waals surface area contributed by atoms with Gasteiger partial charge in [-0.1, -0.05) is 0 Å². The number of hydrogen-bond acceptors (Lipinski definition) is 7. The fraction of sp³-hybridized carbons (Fsp3) is 0.300. The van der Waals surface area contributed by atoms with E-state index in [0.29, 0.717) is 5.75 Å². The van der Waals surface area contributed by atoms with E-state index in [0.717, 1.165) is 0 Å². The van der Waals surface area contributed by atoms with Gasteiger partial charge in [0.2, 0.25) is 0 Å². The first-order chi connectivity index (χ1) is 8.08. The molecule has 0 aliphatic heterocycles. The molecule has 0 saturated heterocycles. The molecule has 94 valence electrons. The molecule has 0 aromatic heterocycles. The molecule has 0 unspecified atom stereocenters. The second-order valence-corrected chi connectivity index (χ2v) is 3.16. The van der Waals surface area contributed by atoms with Crippen molar-refractivity contribution in [2.24, 2.45) is 0 Å². The highest BCUT2D eigenvalue weighted by Gasteiger charge is 2.05. The zero-order valence-corrected chi connectivity index (χ0v) is 8.94. The number of phenols is 1. The largest absolute Gasteiger partial charge is 0.508 e. The Morgan fingerprint density at radius 1 is 1.24 bits per heavy atom. The van der Waals surface area contributed by atoms with Gasteiger partial charge in [0, 0.05) is 6.42 Å². The SMILES string of the molecule is O=C(CCCON(O)O)Oc1ccc(O)cc1. The summed E-state index contributed by atoms with van der Waals surface area (Å²) in [5.74, 6) is -0.0504. The molecule has 0 radical (unpaired) electrons. The Labute approximate surface area is 97.3 Å². The smallest absolute Gasteiger partial charge is 0.311 e. The van der Waals surface area contributed by atoms with Crippen LogP contribution in [0, 0.1) is 0 Å². The summed E-state index contributed by atoms with van der Waals surface area (Å²) in [6.45, 7) is -0.0162. The van der Waals surface area contributed by atoms with Crippen molar-refractivity contribution in [3.05, 3.63) is 24.3 Å². The molecule has 3 N–H and O–H groups in total. The minimum absolute atomic E-state index is 0.0162. The molecule has 17 heavy (non-hydrogen) atoms. The van der Waals surface area contributed by atoms with E-state index in [2.05, 4.69) is 4.84 Å². The molecular formula is C10H13NO6. The summed E-state index contributed by atoms with van der Waals surface area (Å²) < 4.78 is 4.93. The van der Waals surface area contributed by atoms with E-state index < -0.39 is 11.4 Å². The summed E-state index contributed by atoms with van der Waals surface area (Å²) in [5.41, 5.74) is 0. The molecule has 0 saturated carbocycles. The minimum atomic E-state index is -0.471. The molecule has 0 aliphatic rings. The summed E-state index contributed by atoms with van der Waals surface area (Å²) in [6.07, 6.45) is 0.364. The lowest BCUT2D eigenvalue weighted by Crippen LogP contribution is -2.16. The van der Waals surface area contributed by atoms with Crippen LogP contribution in [-0.2, 0) is 9.63 Å². The van der Waals surface area contributed by atoms with Gasteiger partial charge >= 0.3 is 5.97 Å². The third kappa shape index (κ3) is 5.83. The number of rotatable bonds is 6. The molecule has 0 heterocycles. The monoisotopic (exact) mass is 243 g/mol. The second-order valence-electron chi connectivity index (χ2n) is 3.16. The highest BCUT2D eigenvalue weighted by molar-refractivity contribution is 5.72. The normalized spacial score (nSPS) is 10.5. The van der Waals surface area contributed by atoms with Gasteiger partial charge < -0.3 is 9.84 Å². The maximum atomic E-state index is 11.3. The number of esters is 1. The molecule has 7 nitrogen and oxygen atoms in total. The van der Waals surface area contributed by atoms with Gasteiger partial charge in [0.25, 0.3) is 0 Å². The molecule has 1 rings (SSSR count). The molecule has 1 aromatic carbocycles. The lowest BCUT2D eigenvalue weighted by molar-refractivity contribution is -0.492. The molecule has 7 heteroatoms. The van der Waals surface area contributed by atoms with Crippen LogP contribution in [0.3, 0.4) is 0 Å². The average Bonchev–Trinajstić information content (AvgIpc) is 2.27. The molecule has 0 fully saturated rings. The highest BCUT2D eigenvalue weighted by atomic mass is 17.1. The van der Waals surface area contributed by atoms with E-state index in [-0.39, 0.29) is 25.2 Å². The summed E-state index contributed by atoms with van der Waals surface area (Å²) in [7, 11) is 0. The quantitative estimate of drug-likeness (QED) is 0.297. The standard InChI is InChI=1S/C10H13NO6/c12-8-3-5-9(6-4-8)17-10(13)2-1-7-16-11(14)15/h3-6,12,14-15H,1-2,7H2. The third-order valence-corrected chi connectivity index (χ3v) is 1.80. The fourth-order valence-electron chi connectivity index (χ4n) is 1.06. The van der Waals surface area contributed by atoms with Crippen LogP contribution in [0.15, 0.2) is 24.3 Å². The van der Waals surface area contributed by atoms with E-state index in [1.165, 1.54) is 24.3 Å².